The predicted octanol–water partition coefficient (Wildman–Crippen LogP) is 1.70. The summed E-state index contributed by atoms with van der Waals surface area (Å²) in [7, 11) is 1.75. The molecule has 1 rings (SSSR count). The van der Waals surface area contributed by atoms with Gasteiger partial charge in [0.1, 0.15) is 0 Å². The molecular formula is C10H20F2N2. The highest BCUT2D eigenvalue weighted by Gasteiger charge is 2.33. The Kier molecular flexibility index (Phi) is 4.26. The molecule has 4 heteroatoms. The van der Waals surface area contributed by atoms with Crippen molar-refractivity contribution in [1.82, 2.24) is 4.90 Å². The van der Waals surface area contributed by atoms with E-state index in [4.69, 9.17) is 5.73 Å². The molecule has 0 saturated heterocycles. The van der Waals surface area contributed by atoms with Gasteiger partial charge in [-0.1, -0.05) is 12.8 Å². The van der Waals surface area contributed by atoms with Crippen LogP contribution >= 0.6 is 0 Å². The van der Waals surface area contributed by atoms with E-state index in [9.17, 15) is 8.78 Å². The van der Waals surface area contributed by atoms with Crippen LogP contribution in [0.1, 0.15) is 25.7 Å². The van der Waals surface area contributed by atoms with Crippen LogP contribution in [-0.4, -0.2) is 38.0 Å². The Morgan fingerprint density at radius 2 is 1.93 bits per heavy atom. The van der Waals surface area contributed by atoms with Gasteiger partial charge in [0.15, 0.2) is 0 Å². The predicted molar refractivity (Wildman–Crippen MR) is 53.5 cm³/mol. The molecule has 1 saturated carbocycles. The summed E-state index contributed by atoms with van der Waals surface area (Å²) in [6, 6.07) is 0. The molecule has 0 aromatic rings. The van der Waals surface area contributed by atoms with Gasteiger partial charge in [-0.2, -0.15) is 0 Å². The number of hydrogen-bond donors (Lipinski definition) is 1. The van der Waals surface area contributed by atoms with E-state index in [-0.39, 0.29) is 12.0 Å². The standard InChI is InChI=1S/C10H20F2N2/c1-14(6-9(11)12)8-10(7-13)4-2-3-5-10/h9H,2-8,13H2,1H3. The highest BCUT2D eigenvalue weighted by molar-refractivity contribution is 4.87. The number of alkyl halides is 2. The van der Waals surface area contributed by atoms with Gasteiger partial charge in [0.05, 0.1) is 6.54 Å². The maximum absolute atomic E-state index is 12.1. The van der Waals surface area contributed by atoms with Crippen LogP contribution in [-0.2, 0) is 0 Å². The van der Waals surface area contributed by atoms with Crippen LogP contribution in [0.3, 0.4) is 0 Å². The fourth-order valence-corrected chi connectivity index (χ4v) is 2.42. The van der Waals surface area contributed by atoms with Crippen LogP contribution in [0.15, 0.2) is 0 Å². The minimum absolute atomic E-state index is 0.115. The average Bonchev–Trinajstić information content (AvgIpc) is 2.52. The fraction of sp³-hybridized carbons (Fsp3) is 1.00. The molecule has 84 valence electrons. The molecule has 1 aliphatic carbocycles. The molecule has 0 aromatic heterocycles. The van der Waals surface area contributed by atoms with E-state index < -0.39 is 6.43 Å². The second kappa shape index (κ2) is 5.03. The summed E-state index contributed by atoms with van der Waals surface area (Å²) in [5.41, 5.74) is 5.85. The van der Waals surface area contributed by atoms with Crippen LogP contribution < -0.4 is 5.73 Å². The SMILES string of the molecule is CN(CC(F)F)CC1(CN)CCCC1. The van der Waals surface area contributed by atoms with E-state index in [0.29, 0.717) is 13.1 Å². The first kappa shape index (κ1) is 11.9. The van der Waals surface area contributed by atoms with Gasteiger partial charge in [0.2, 0.25) is 0 Å². The number of halogens is 2. The maximum atomic E-state index is 12.1. The molecule has 2 nitrogen and oxygen atoms in total. The summed E-state index contributed by atoms with van der Waals surface area (Å²) in [6.07, 6.45) is 2.34. The third-order valence-electron chi connectivity index (χ3n) is 3.15. The number of nitrogens with zero attached hydrogens (tertiary/aromatic N) is 1. The van der Waals surface area contributed by atoms with Crippen molar-refractivity contribution >= 4 is 0 Å². The summed E-state index contributed by atoms with van der Waals surface area (Å²) < 4.78 is 24.2. The van der Waals surface area contributed by atoms with Gasteiger partial charge < -0.3 is 10.6 Å². The third kappa shape index (κ3) is 3.17. The lowest BCUT2D eigenvalue weighted by Crippen LogP contribution is -2.40. The van der Waals surface area contributed by atoms with Crippen molar-refractivity contribution in [3.8, 4) is 0 Å². The smallest absolute Gasteiger partial charge is 0.251 e. The molecule has 0 heterocycles. The lowest BCUT2D eigenvalue weighted by Gasteiger charge is -2.32. The Morgan fingerprint density at radius 1 is 1.36 bits per heavy atom. The monoisotopic (exact) mass is 206 g/mol. The van der Waals surface area contributed by atoms with Gasteiger partial charge in [-0.25, -0.2) is 8.78 Å². The summed E-state index contributed by atoms with van der Waals surface area (Å²) >= 11 is 0. The first-order valence-electron chi connectivity index (χ1n) is 5.25. The number of hydrogen-bond acceptors (Lipinski definition) is 2. The summed E-state index contributed by atoms with van der Waals surface area (Å²) in [5, 5.41) is 0. The second-order valence-corrected chi connectivity index (χ2v) is 4.50. The van der Waals surface area contributed by atoms with Gasteiger partial charge in [-0.3, -0.25) is 0 Å². The van der Waals surface area contributed by atoms with E-state index in [1.807, 2.05) is 0 Å². The molecule has 0 radical (unpaired) electrons. The highest BCUT2D eigenvalue weighted by atomic mass is 19.3. The van der Waals surface area contributed by atoms with Crippen molar-refractivity contribution in [2.45, 2.75) is 32.1 Å². The minimum atomic E-state index is -2.24. The molecule has 0 atom stereocenters. The van der Waals surface area contributed by atoms with E-state index >= 15 is 0 Å². The van der Waals surface area contributed by atoms with Crippen LogP contribution in [0.5, 0.6) is 0 Å². The van der Waals surface area contributed by atoms with E-state index in [1.165, 1.54) is 12.8 Å². The van der Waals surface area contributed by atoms with Crippen molar-refractivity contribution < 1.29 is 8.78 Å². The van der Waals surface area contributed by atoms with Crippen LogP contribution in [0, 0.1) is 5.41 Å². The number of nitrogens with two attached hydrogens (primary N) is 1. The summed E-state index contributed by atoms with van der Waals surface area (Å²) in [5.74, 6) is 0. The van der Waals surface area contributed by atoms with Gasteiger partial charge >= 0.3 is 0 Å². The van der Waals surface area contributed by atoms with E-state index in [2.05, 4.69) is 0 Å². The van der Waals surface area contributed by atoms with Crippen LogP contribution in [0.4, 0.5) is 8.78 Å². The summed E-state index contributed by atoms with van der Waals surface area (Å²) in [6.45, 7) is 1.20. The second-order valence-electron chi connectivity index (χ2n) is 4.50. The normalized spacial score (nSPS) is 21.0. The van der Waals surface area contributed by atoms with Crippen molar-refractivity contribution in [2.75, 3.05) is 26.7 Å². The fourth-order valence-electron chi connectivity index (χ4n) is 2.42. The molecule has 0 aliphatic heterocycles. The molecular weight excluding hydrogens is 186 g/mol. The first-order valence-corrected chi connectivity index (χ1v) is 5.25. The molecule has 0 bridgehead atoms. The van der Waals surface area contributed by atoms with Crippen molar-refractivity contribution in [1.29, 1.82) is 0 Å². The van der Waals surface area contributed by atoms with E-state index in [1.54, 1.807) is 11.9 Å². The van der Waals surface area contributed by atoms with Crippen LogP contribution in [0.2, 0.25) is 0 Å². The van der Waals surface area contributed by atoms with Crippen molar-refractivity contribution in [3.05, 3.63) is 0 Å². The zero-order valence-electron chi connectivity index (χ0n) is 8.81. The minimum Gasteiger partial charge on any atom is -0.330 e. The van der Waals surface area contributed by atoms with Gasteiger partial charge in [0, 0.05) is 6.54 Å². The molecule has 1 aliphatic rings. The lowest BCUT2D eigenvalue weighted by atomic mass is 9.86. The van der Waals surface area contributed by atoms with Gasteiger partial charge in [-0.15, -0.1) is 0 Å². The van der Waals surface area contributed by atoms with Gasteiger partial charge in [0.25, 0.3) is 6.43 Å². The largest absolute Gasteiger partial charge is 0.330 e. The Bertz CT molecular complexity index is 168. The molecule has 0 spiro atoms. The van der Waals surface area contributed by atoms with Crippen molar-refractivity contribution in [2.24, 2.45) is 11.1 Å². The Balaban J connectivity index is 2.39. The van der Waals surface area contributed by atoms with Crippen LogP contribution in [0.25, 0.3) is 0 Å². The Labute approximate surface area is 84.4 Å². The average molecular weight is 206 g/mol. The Morgan fingerprint density at radius 3 is 2.36 bits per heavy atom. The lowest BCUT2D eigenvalue weighted by molar-refractivity contribution is 0.0777. The third-order valence-corrected chi connectivity index (χ3v) is 3.15. The molecule has 0 aromatic carbocycles. The molecule has 2 N–H and O–H groups in total. The highest BCUT2D eigenvalue weighted by Crippen LogP contribution is 2.37. The zero-order chi connectivity index (χ0) is 10.6. The topological polar surface area (TPSA) is 29.3 Å². The molecule has 1 fully saturated rings. The van der Waals surface area contributed by atoms with E-state index in [0.717, 1.165) is 12.8 Å². The van der Waals surface area contributed by atoms with Gasteiger partial charge in [-0.05, 0) is 31.8 Å². The Hall–Kier alpha value is -0.220. The maximum Gasteiger partial charge on any atom is 0.251 e. The molecule has 14 heavy (non-hydrogen) atoms. The summed E-state index contributed by atoms with van der Waals surface area (Å²) in [4.78, 5) is 1.71. The molecule has 0 amide bonds. The molecule has 0 unspecified atom stereocenters. The zero-order valence-corrected chi connectivity index (χ0v) is 8.81. The van der Waals surface area contributed by atoms with Crippen molar-refractivity contribution in [3.63, 3.8) is 0 Å². The first-order chi connectivity index (χ1) is 6.58. The quantitative estimate of drug-likeness (QED) is 0.742. The number of rotatable bonds is 5.